The van der Waals surface area contributed by atoms with Gasteiger partial charge in [-0.25, -0.2) is 18.5 Å². The van der Waals surface area contributed by atoms with Crippen LogP contribution in [0.25, 0.3) is 11.0 Å². The van der Waals surface area contributed by atoms with Gasteiger partial charge in [-0.1, -0.05) is 44.7 Å². The summed E-state index contributed by atoms with van der Waals surface area (Å²) < 4.78 is 25.4. The standard InChI is InChI=1S/C22H28N4O3S2/c1-5-12-26-20-11-10-18(31(23,28)29)13-19(20)25-22(26)30-15(4)21(27)24-17-8-6-16(7-9-17)14(2)3/h6-11,13-15H,5,12H2,1-4H3,(H,24,27)(H2,23,28,29). The summed E-state index contributed by atoms with van der Waals surface area (Å²) in [5.74, 6) is 0.309. The molecule has 0 aliphatic carbocycles. The number of carbonyl (C=O) groups is 1. The molecular weight excluding hydrogens is 432 g/mol. The van der Waals surface area contributed by atoms with Crippen LogP contribution < -0.4 is 10.5 Å². The molecule has 9 heteroatoms. The SMILES string of the molecule is CCCn1c(SC(C)C(=O)Nc2ccc(C(C)C)cc2)nc2cc(S(N)(=O)=O)ccc21. The number of anilines is 1. The van der Waals surface area contributed by atoms with E-state index in [0.717, 1.165) is 17.6 Å². The van der Waals surface area contributed by atoms with E-state index in [1.807, 2.05) is 35.8 Å². The molecule has 0 saturated carbocycles. The summed E-state index contributed by atoms with van der Waals surface area (Å²) in [4.78, 5) is 17.4. The largest absolute Gasteiger partial charge is 0.325 e. The molecule has 1 amide bonds. The maximum atomic E-state index is 12.7. The number of hydrogen-bond acceptors (Lipinski definition) is 5. The number of fused-ring (bicyclic) bond motifs is 1. The van der Waals surface area contributed by atoms with Gasteiger partial charge in [0.15, 0.2) is 5.16 Å². The quantitative estimate of drug-likeness (QED) is 0.486. The van der Waals surface area contributed by atoms with Crippen LogP contribution in [0.2, 0.25) is 0 Å². The van der Waals surface area contributed by atoms with Crippen molar-refractivity contribution in [2.24, 2.45) is 5.14 Å². The number of rotatable bonds is 8. The van der Waals surface area contributed by atoms with Crippen molar-refractivity contribution in [3.05, 3.63) is 48.0 Å². The summed E-state index contributed by atoms with van der Waals surface area (Å²) in [6, 6.07) is 12.5. The molecule has 0 aliphatic rings. The smallest absolute Gasteiger partial charge is 0.238 e. The molecule has 3 aromatic rings. The summed E-state index contributed by atoms with van der Waals surface area (Å²) in [5.41, 5.74) is 3.32. The minimum absolute atomic E-state index is 0.0216. The zero-order valence-electron chi connectivity index (χ0n) is 18.1. The first-order valence-electron chi connectivity index (χ1n) is 10.2. The van der Waals surface area contributed by atoms with Gasteiger partial charge in [0.25, 0.3) is 0 Å². The highest BCUT2D eigenvalue weighted by atomic mass is 32.2. The summed E-state index contributed by atoms with van der Waals surface area (Å²) in [5, 5.41) is 8.47. The number of sulfonamides is 1. The average Bonchev–Trinajstić information content (AvgIpc) is 3.04. The molecule has 1 heterocycles. The molecule has 0 spiro atoms. The Labute approximate surface area is 187 Å². The normalized spacial score (nSPS) is 13.0. The van der Waals surface area contributed by atoms with E-state index in [-0.39, 0.29) is 10.8 Å². The van der Waals surface area contributed by atoms with Crippen LogP contribution in [0.15, 0.2) is 52.5 Å². The van der Waals surface area contributed by atoms with E-state index in [0.29, 0.717) is 23.1 Å². The first-order chi connectivity index (χ1) is 14.6. The van der Waals surface area contributed by atoms with Crippen LogP contribution in [-0.4, -0.2) is 29.1 Å². The fourth-order valence-corrected chi connectivity index (χ4v) is 4.68. The second kappa shape index (κ2) is 9.42. The molecular formula is C22H28N4O3S2. The zero-order valence-corrected chi connectivity index (χ0v) is 19.8. The van der Waals surface area contributed by atoms with Gasteiger partial charge in [-0.15, -0.1) is 0 Å². The van der Waals surface area contributed by atoms with Gasteiger partial charge < -0.3 is 9.88 Å². The number of benzene rings is 2. The van der Waals surface area contributed by atoms with Gasteiger partial charge >= 0.3 is 0 Å². The molecule has 1 atom stereocenters. The molecule has 3 rings (SSSR count). The van der Waals surface area contributed by atoms with Crippen molar-refractivity contribution in [1.82, 2.24) is 9.55 Å². The highest BCUT2D eigenvalue weighted by Gasteiger charge is 2.20. The van der Waals surface area contributed by atoms with Crippen molar-refractivity contribution in [2.45, 2.75) is 61.9 Å². The third-order valence-electron chi connectivity index (χ3n) is 4.96. The lowest BCUT2D eigenvalue weighted by atomic mass is 10.0. The Hall–Kier alpha value is -2.36. The Kier molecular flexibility index (Phi) is 7.08. The van der Waals surface area contributed by atoms with E-state index in [1.165, 1.54) is 29.5 Å². The molecule has 0 radical (unpaired) electrons. The van der Waals surface area contributed by atoms with Gasteiger partial charge in [0, 0.05) is 12.2 Å². The Morgan fingerprint density at radius 3 is 2.42 bits per heavy atom. The van der Waals surface area contributed by atoms with E-state index in [4.69, 9.17) is 5.14 Å². The van der Waals surface area contributed by atoms with Gasteiger partial charge in [-0.2, -0.15) is 0 Å². The van der Waals surface area contributed by atoms with Crippen molar-refractivity contribution in [2.75, 3.05) is 5.32 Å². The monoisotopic (exact) mass is 460 g/mol. The lowest BCUT2D eigenvalue weighted by molar-refractivity contribution is -0.115. The van der Waals surface area contributed by atoms with Crippen LogP contribution in [0.1, 0.15) is 45.6 Å². The van der Waals surface area contributed by atoms with Gasteiger partial charge in [0.05, 0.1) is 21.2 Å². The maximum Gasteiger partial charge on any atom is 0.238 e. The number of carbonyl (C=O) groups excluding carboxylic acids is 1. The molecule has 1 aromatic heterocycles. The summed E-state index contributed by atoms with van der Waals surface area (Å²) >= 11 is 1.34. The van der Waals surface area contributed by atoms with Crippen LogP contribution in [0, 0.1) is 0 Å². The second-order valence-electron chi connectivity index (χ2n) is 7.77. The molecule has 31 heavy (non-hydrogen) atoms. The first-order valence-corrected chi connectivity index (χ1v) is 12.6. The predicted molar refractivity (Wildman–Crippen MR) is 126 cm³/mol. The Balaban J connectivity index is 1.81. The third-order valence-corrected chi connectivity index (χ3v) is 6.96. The zero-order chi connectivity index (χ0) is 22.8. The highest BCUT2D eigenvalue weighted by Crippen LogP contribution is 2.29. The molecule has 2 aromatic carbocycles. The number of nitrogens with two attached hydrogens (primary N) is 1. The predicted octanol–water partition coefficient (Wildman–Crippen LogP) is 4.34. The number of nitrogens with zero attached hydrogens (tertiary/aromatic N) is 2. The molecule has 0 saturated heterocycles. The van der Waals surface area contributed by atoms with E-state index >= 15 is 0 Å². The lowest BCUT2D eigenvalue weighted by Crippen LogP contribution is -2.23. The van der Waals surface area contributed by atoms with Gasteiger partial charge in [0.1, 0.15) is 0 Å². The van der Waals surface area contributed by atoms with Gasteiger partial charge in [-0.05, 0) is 55.2 Å². The number of nitrogens with one attached hydrogen (secondary N) is 1. The van der Waals surface area contributed by atoms with Crippen molar-refractivity contribution in [1.29, 1.82) is 0 Å². The van der Waals surface area contributed by atoms with E-state index < -0.39 is 15.3 Å². The number of amides is 1. The van der Waals surface area contributed by atoms with Crippen LogP contribution in [0.3, 0.4) is 0 Å². The number of aryl methyl sites for hydroxylation is 1. The van der Waals surface area contributed by atoms with Crippen LogP contribution in [-0.2, 0) is 21.4 Å². The number of thioether (sulfide) groups is 1. The lowest BCUT2D eigenvalue weighted by Gasteiger charge is -2.14. The maximum absolute atomic E-state index is 12.7. The highest BCUT2D eigenvalue weighted by molar-refractivity contribution is 8.00. The molecule has 0 bridgehead atoms. The van der Waals surface area contributed by atoms with Crippen molar-refractivity contribution < 1.29 is 13.2 Å². The molecule has 1 unspecified atom stereocenters. The van der Waals surface area contributed by atoms with Crippen molar-refractivity contribution >= 4 is 44.4 Å². The van der Waals surface area contributed by atoms with E-state index in [9.17, 15) is 13.2 Å². The van der Waals surface area contributed by atoms with E-state index in [1.54, 1.807) is 6.07 Å². The average molecular weight is 461 g/mol. The number of primary sulfonamides is 1. The Bertz CT molecular complexity index is 1190. The van der Waals surface area contributed by atoms with Crippen molar-refractivity contribution in [3.63, 3.8) is 0 Å². The number of imidazole rings is 1. The van der Waals surface area contributed by atoms with Crippen LogP contribution in [0.5, 0.6) is 0 Å². The molecule has 7 nitrogen and oxygen atoms in total. The fraction of sp³-hybridized carbons (Fsp3) is 0.364. The van der Waals surface area contributed by atoms with Crippen LogP contribution in [0.4, 0.5) is 5.69 Å². The topological polar surface area (TPSA) is 107 Å². The fourth-order valence-electron chi connectivity index (χ4n) is 3.20. The minimum Gasteiger partial charge on any atom is -0.325 e. The van der Waals surface area contributed by atoms with E-state index in [2.05, 4.69) is 31.1 Å². The van der Waals surface area contributed by atoms with Crippen molar-refractivity contribution in [3.8, 4) is 0 Å². The summed E-state index contributed by atoms with van der Waals surface area (Å²) in [6.07, 6.45) is 0.874. The Morgan fingerprint density at radius 1 is 1.16 bits per heavy atom. The summed E-state index contributed by atoms with van der Waals surface area (Å²) in [7, 11) is -3.81. The second-order valence-corrected chi connectivity index (χ2v) is 10.6. The third kappa shape index (κ3) is 5.47. The van der Waals surface area contributed by atoms with Gasteiger partial charge in [0.2, 0.25) is 15.9 Å². The minimum atomic E-state index is -3.81. The molecule has 166 valence electrons. The molecule has 0 fully saturated rings. The molecule has 3 N–H and O–H groups in total. The molecule has 0 aliphatic heterocycles. The van der Waals surface area contributed by atoms with Crippen LogP contribution >= 0.6 is 11.8 Å². The Morgan fingerprint density at radius 2 is 1.84 bits per heavy atom. The summed E-state index contributed by atoms with van der Waals surface area (Å²) in [6.45, 7) is 8.84. The first kappa shape index (κ1) is 23.3. The number of hydrogen-bond donors (Lipinski definition) is 2. The number of aromatic nitrogens is 2. The van der Waals surface area contributed by atoms with Gasteiger partial charge in [-0.3, -0.25) is 4.79 Å².